The fourth-order valence-corrected chi connectivity index (χ4v) is 5.85. The van der Waals surface area contributed by atoms with Gasteiger partial charge in [-0.3, -0.25) is 9.59 Å². The summed E-state index contributed by atoms with van der Waals surface area (Å²) in [6, 6.07) is 4.63. The van der Waals surface area contributed by atoms with Gasteiger partial charge >= 0.3 is 11.9 Å². The van der Waals surface area contributed by atoms with E-state index in [0.29, 0.717) is 47.2 Å². The van der Waals surface area contributed by atoms with Crippen LogP contribution in [-0.2, 0) is 25.5 Å². The molecule has 1 heterocycles. The van der Waals surface area contributed by atoms with E-state index in [4.69, 9.17) is 23.9 Å². The molecule has 0 N–H and O–H groups in total. The van der Waals surface area contributed by atoms with Crippen LogP contribution in [0.4, 0.5) is 0 Å². The smallest absolute Gasteiger partial charge is 0.322 e. The van der Waals surface area contributed by atoms with E-state index in [1.807, 2.05) is 36.7 Å². The van der Waals surface area contributed by atoms with E-state index < -0.39 is 23.9 Å². The van der Waals surface area contributed by atoms with Crippen molar-refractivity contribution < 1.29 is 28.5 Å². The summed E-state index contributed by atoms with van der Waals surface area (Å²) in [4.78, 5) is 33.4. The minimum Gasteiger partial charge on any atom is -0.497 e. The summed E-state index contributed by atoms with van der Waals surface area (Å²) in [5.41, 5.74) is 1.44. The molecule has 8 nitrogen and oxygen atoms in total. The van der Waals surface area contributed by atoms with Crippen molar-refractivity contribution in [2.45, 2.75) is 107 Å². The first-order chi connectivity index (χ1) is 21.7. The van der Waals surface area contributed by atoms with E-state index in [1.165, 1.54) is 0 Å². The summed E-state index contributed by atoms with van der Waals surface area (Å²) in [7, 11) is 3.16. The quantitative estimate of drug-likeness (QED) is 0.106. The molecule has 0 saturated heterocycles. The molecule has 260 valence electrons. The van der Waals surface area contributed by atoms with Crippen molar-refractivity contribution >= 4 is 11.9 Å². The maximum absolute atomic E-state index is 14.3. The van der Waals surface area contributed by atoms with E-state index in [1.54, 1.807) is 20.3 Å². The molecule has 2 rings (SSSR count). The molecule has 46 heavy (non-hydrogen) atoms. The Labute approximate surface area is 278 Å². The Morgan fingerprint density at radius 3 is 1.72 bits per heavy atom. The van der Waals surface area contributed by atoms with Gasteiger partial charge in [0.1, 0.15) is 17.3 Å². The Balaban J connectivity index is 2.65. The van der Waals surface area contributed by atoms with Crippen LogP contribution in [0.1, 0.15) is 111 Å². The van der Waals surface area contributed by atoms with Crippen LogP contribution >= 0.6 is 0 Å². The number of carbonyl (C=O) groups excluding carboxylic acids is 2. The van der Waals surface area contributed by atoms with Crippen molar-refractivity contribution in [3.05, 3.63) is 41.5 Å². The predicted octanol–water partition coefficient (Wildman–Crippen LogP) is 8.48. The van der Waals surface area contributed by atoms with Gasteiger partial charge in [-0.05, 0) is 67.4 Å². The molecule has 0 bridgehead atoms. The molecule has 3 atom stereocenters. The van der Waals surface area contributed by atoms with Gasteiger partial charge in [0.25, 0.3) is 0 Å². The molecule has 3 unspecified atom stereocenters. The molecule has 0 aliphatic heterocycles. The van der Waals surface area contributed by atoms with Gasteiger partial charge in [0.05, 0.1) is 39.2 Å². The Morgan fingerprint density at radius 1 is 0.783 bits per heavy atom. The summed E-state index contributed by atoms with van der Waals surface area (Å²) >= 11 is 0. The Bertz CT molecular complexity index is 1180. The minimum absolute atomic E-state index is 0.181. The van der Waals surface area contributed by atoms with Gasteiger partial charge in [-0.15, -0.1) is 0 Å². The minimum atomic E-state index is -1.28. The van der Waals surface area contributed by atoms with Crippen LogP contribution < -0.4 is 9.47 Å². The summed E-state index contributed by atoms with van der Waals surface area (Å²) < 4.78 is 25.4. The van der Waals surface area contributed by atoms with Crippen LogP contribution in [0.15, 0.2) is 24.4 Å². The molecule has 0 saturated carbocycles. The zero-order valence-electron chi connectivity index (χ0n) is 30.7. The van der Waals surface area contributed by atoms with Crippen LogP contribution in [0.2, 0.25) is 0 Å². The fraction of sp³-hybridized carbons (Fsp3) is 0.711. The summed E-state index contributed by atoms with van der Waals surface area (Å²) in [6.07, 6.45) is 6.46. The number of hydrogen-bond acceptors (Lipinski definition) is 7. The first-order valence-electron chi connectivity index (χ1n) is 17.3. The maximum atomic E-state index is 14.3. The lowest BCUT2D eigenvalue weighted by Gasteiger charge is -2.30. The van der Waals surface area contributed by atoms with Crippen molar-refractivity contribution in [2.24, 2.45) is 41.4 Å². The van der Waals surface area contributed by atoms with Crippen LogP contribution in [0.3, 0.4) is 0 Å². The average Bonchev–Trinajstić information content (AvgIpc) is 3.38. The second-order valence-electron chi connectivity index (χ2n) is 14.3. The van der Waals surface area contributed by atoms with Crippen LogP contribution in [0.5, 0.6) is 11.5 Å². The number of benzene rings is 1. The van der Waals surface area contributed by atoms with E-state index in [9.17, 15) is 9.59 Å². The predicted molar refractivity (Wildman–Crippen MR) is 184 cm³/mol. The summed E-state index contributed by atoms with van der Waals surface area (Å²) in [6.45, 7) is 21.8. The molecule has 2 aromatic rings. The van der Waals surface area contributed by atoms with Crippen LogP contribution in [-0.4, -0.2) is 48.9 Å². The summed E-state index contributed by atoms with van der Waals surface area (Å²) in [5, 5.41) is 0. The number of nitrogens with zero attached hydrogens (tertiary/aromatic N) is 2. The standard InChI is InChI=1S/C38H62N2O6/c1-13-34-39-28(10)21-40(34)36(32-19-18-31(43-11)20-33(32)44-12)35(37(41)45-22-29(26(6)7)16-14-24(2)3)38(42)46-23-30(27(8)9)17-15-25(4)5/h18-21,24-27,29-30,35-36H,13-17,22-23H2,1-12H3. The second-order valence-corrected chi connectivity index (χ2v) is 14.3. The zero-order valence-corrected chi connectivity index (χ0v) is 30.7. The van der Waals surface area contributed by atoms with Gasteiger partial charge in [-0.25, -0.2) is 4.98 Å². The molecule has 0 amide bonds. The highest BCUT2D eigenvalue weighted by Gasteiger charge is 2.43. The number of ether oxygens (including phenoxy) is 4. The highest BCUT2D eigenvalue weighted by atomic mass is 16.6. The summed E-state index contributed by atoms with van der Waals surface area (Å²) in [5.74, 6) is 1.49. The average molecular weight is 643 g/mol. The van der Waals surface area contributed by atoms with Crippen molar-refractivity contribution in [2.75, 3.05) is 27.4 Å². The van der Waals surface area contributed by atoms with Crippen molar-refractivity contribution in [3.8, 4) is 11.5 Å². The molecular formula is C38H62N2O6. The Kier molecular flexibility index (Phi) is 16.1. The normalized spacial score (nSPS) is 14.4. The molecule has 0 aliphatic carbocycles. The van der Waals surface area contributed by atoms with Crippen LogP contribution in [0.25, 0.3) is 0 Å². The maximum Gasteiger partial charge on any atom is 0.322 e. The molecule has 1 aromatic heterocycles. The highest BCUT2D eigenvalue weighted by Crippen LogP contribution is 2.39. The molecule has 0 spiro atoms. The molecule has 1 aromatic carbocycles. The fourth-order valence-electron chi connectivity index (χ4n) is 5.85. The zero-order chi connectivity index (χ0) is 34.6. The number of hydrogen-bond donors (Lipinski definition) is 0. The lowest BCUT2D eigenvalue weighted by Crippen LogP contribution is -2.38. The first kappa shape index (κ1) is 39.1. The van der Waals surface area contributed by atoms with Crippen molar-refractivity contribution in [1.29, 1.82) is 0 Å². The van der Waals surface area contributed by atoms with Gasteiger partial charge in [0.2, 0.25) is 0 Å². The largest absolute Gasteiger partial charge is 0.497 e. The van der Waals surface area contributed by atoms with Gasteiger partial charge in [-0.2, -0.15) is 0 Å². The van der Waals surface area contributed by atoms with Crippen LogP contribution in [0, 0.1) is 48.3 Å². The first-order valence-corrected chi connectivity index (χ1v) is 17.3. The topological polar surface area (TPSA) is 88.9 Å². The molecular weight excluding hydrogens is 580 g/mol. The lowest BCUT2D eigenvalue weighted by molar-refractivity contribution is -0.166. The van der Waals surface area contributed by atoms with E-state index in [-0.39, 0.29) is 25.0 Å². The number of methoxy groups -OCH3 is 2. The number of rotatable bonds is 20. The SMILES string of the molecule is CCc1nc(C)cn1C(c1ccc(OC)cc1OC)C(C(=O)OCC(CCC(C)C)C(C)C)C(=O)OCC(CCC(C)C)C(C)C. The van der Waals surface area contributed by atoms with Gasteiger partial charge in [0.15, 0.2) is 5.92 Å². The molecule has 0 aliphatic rings. The number of carbonyl (C=O) groups is 2. The number of imidazole rings is 1. The van der Waals surface area contributed by atoms with Gasteiger partial charge in [-0.1, -0.05) is 75.2 Å². The molecule has 0 radical (unpaired) electrons. The van der Waals surface area contributed by atoms with Gasteiger partial charge in [0, 0.05) is 24.2 Å². The van der Waals surface area contributed by atoms with Crippen molar-refractivity contribution in [1.82, 2.24) is 9.55 Å². The van der Waals surface area contributed by atoms with Gasteiger partial charge < -0.3 is 23.5 Å². The second kappa shape index (κ2) is 19.0. The number of esters is 2. The Morgan fingerprint density at radius 2 is 1.30 bits per heavy atom. The number of aromatic nitrogens is 2. The number of aryl methyl sites for hydroxylation is 2. The van der Waals surface area contributed by atoms with Crippen molar-refractivity contribution in [3.63, 3.8) is 0 Å². The van der Waals surface area contributed by atoms with E-state index in [0.717, 1.165) is 37.2 Å². The molecule has 8 heteroatoms. The van der Waals surface area contributed by atoms with E-state index in [2.05, 4.69) is 55.4 Å². The third kappa shape index (κ3) is 11.3. The highest BCUT2D eigenvalue weighted by molar-refractivity contribution is 5.96. The monoisotopic (exact) mass is 642 g/mol. The third-order valence-electron chi connectivity index (χ3n) is 9.12. The lowest BCUT2D eigenvalue weighted by atomic mass is 9.88. The Hall–Kier alpha value is -3.03. The van der Waals surface area contributed by atoms with E-state index >= 15 is 0 Å². The molecule has 0 fully saturated rings. The third-order valence-corrected chi connectivity index (χ3v) is 9.12.